The highest BCUT2D eigenvalue weighted by atomic mass is 32.2. The third-order valence-electron chi connectivity index (χ3n) is 3.06. The third kappa shape index (κ3) is 3.44. The standard InChI is InChI=1S/C13H18N2O4S2/c1-13(2,3)21(17,18)7-6-20(16)12-15-10-8-9(14)4-5-11(10)19-12/h4-5,8H,6-7,14H2,1-3H3. The fourth-order valence-electron chi connectivity index (χ4n) is 1.60. The molecule has 0 aliphatic carbocycles. The lowest BCUT2D eigenvalue weighted by Crippen LogP contribution is -2.32. The van der Waals surface area contributed by atoms with E-state index in [0.717, 1.165) is 0 Å². The number of nitrogens with two attached hydrogens (primary N) is 1. The van der Waals surface area contributed by atoms with Crippen LogP contribution in [0, 0.1) is 0 Å². The molecule has 2 aromatic rings. The predicted octanol–water partition coefficient (Wildman–Crippen LogP) is 1.73. The van der Waals surface area contributed by atoms with Crippen LogP contribution in [0.1, 0.15) is 20.8 Å². The van der Waals surface area contributed by atoms with Crippen LogP contribution in [-0.2, 0) is 20.6 Å². The molecule has 0 fully saturated rings. The van der Waals surface area contributed by atoms with Crippen LogP contribution in [0.4, 0.5) is 5.69 Å². The monoisotopic (exact) mass is 330 g/mol. The summed E-state index contributed by atoms with van der Waals surface area (Å²) in [4.78, 5) is 4.09. The Labute approximate surface area is 126 Å². The summed E-state index contributed by atoms with van der Waals surface area (Å²) in [6, 6.07) is 4.92. The average Bonchev–Trinajstić information content (AvgIpc) is 2.77. The zero-order valence-electron chi connectivity index (χ0n) is 12.1. The van der Waals surface area contributed by atoms with Crippen molar-refractivity contribution in [3.05, 3.63) is 18.2 Å². The number of rotatable bonds is 4. The van der Waals surface area contributed by atoms with Crippen molar-refractivity contribution in [3.63, 3.8) is 0 Å². The number of nitrogen functional groups attached to an aromatic ring is 1. The molecule has 2 N–H and O–H groups in total. The van der Waals surface area contributed by atoms with E-state index in [1.807, 2.05) is 0 Å². The van der Waals surface area contributed by atoms with Crippen LogP contribution >= 0.6 is 0 Å². The molecule has 0 radical (unpaired) electrons. The lowest BCUT2D eigenvalue weighted by atomic mass is 10.3. The average molecular weight is 330 g/mol. The maximum atomic E-state index is 12.1. The second kappa shape index (κ2) is 5.42. The molecule has 0 aliphatic heterocycles. The Hall–Kier alpha value is -1.41. The Kier molecular flexibility index (Phi) is 4.12. The topological polar surface area (TPSA) is 103 Å². The highest BCUT2D eigenvalue weighted by Crippen LogP contribution is 2.21. The van der Waals surface area contributed by atoms with E-state index in [2.05, 4.69) is 4.98 Å². The summed E-state index contributed by atoms with van der Waals surface area (Å²) in [6.45, 7) is 4.86. The third-order valence-corrected chi connectivity index (χ3v) is 7.06. The zero-order valence-corrected chi connectivity index (χ0v) is 13.8. The Balaban J connectivity index is 2.16. The van der Waals surface area contributed by atoms with Gasteiger partial charge in [-0.05, 0) is 39.0 Å². The van der Waals surface area contributed by atoms with E-state index in [9.17, 15) is 12.6 Å². The largest absolute Gasteiger partial charge is 0.430 e. The summed E-state index contributed by atoms with van der Waals surface area (Å²) >= 11 is 0. The van der Waals surface area contributed by atoms with Crippen molar-refractivity contribution in [1.29, 1.82) is 0 Å². The summed E-state index contributed by atoms with van der Waals surface area (Å²) in [5.41, 5.74) is 7.16. The summed E-state index contributed by atoms with van der Waals surface area (Å²) in [5.74, 6) is -0.216. The molecular formula is C13H18N2O4S2. The van der Waals surface area contributed by atoms with Gasteiger partial charge in [-0.3, -0.25) is 0 Å². The highest BCUT2D eigenvalue weighted by molar-refractivity contribution is 7.94. The summed E-state index contributed by atoms with van der Waals surface area (Å²) in [7, 11) is -4.92. The van der Waals surface area contributed by atoms with Crippen LogP contribution in [0.3, 0.4) is 0 Å². The molecule has 0 saturated carbocycles. The molecule has 0 amide bonds. The Morgan fingerprint density at radius 2 is 2.00 bits per heavy atom. The second-order valence-electron chi connectivity index (χ2n) is 5.69. The van der Waals surface area contributed by atoms with Crippen molar-refractivity contribution >= 4 is 37.4 Å². The first-order valence-corrected chi connectivity index (χ1v) is 9.34. The van der Waals surface area contributed by atoms with Crippen molar-refractivity contribution in [2.75, 3.05) is 17.2 Å². The maximum absolute atomic E-state index is 12.1. The summed E-state index contributed by atoms with van der Waals surface area (Å²) in [5, 5.41) is 0.0275. The van der Waals surface area contributed by atoms with Crippen molar-refractivity contribution in [2.24, 2.45) is 0 Å². The number of hydrogen-bond donors (Lipinski definition) is 1. The van der Waals surface area contributed by atoms with Crippen LogP contribution in [0.2, 0.25) is 0 Å². The molecular weight excluding hydrogens is 312 g/mol. The molecule has 0 spiro atoms. The molecule has 1 heterocycles. The Bertz CT molecular complexity index is 788. The van der Waals surface area contributed by atoms with Crippen LogP contribution in [-0.4, -0.2) is 33.9 Å². The van der Waals surface area contributed by atoms with Gasteiger partial charge in [0.2, 0.25) is 0 Å². The van der Waals surface area contributed by atoms with E-state index in [4.69, 9.17) is 10.2 Å². The SMILES string of the molecule is CC(C)(C)S(=O)(=O)CCS(=O)c1nc2cc(N)ccc2o1. The van der Waals surface area contributed by atoms with Gasteiger partial charge in [-0.1, -0.05) is 0 Å². The fraction of sp³-hybridized carbons (Fsp3) is 0.462. The van der Waals surface area contributed by atoms with Gasteiger partial charge in [-0.15, -0.1) is 0 Å². The van der Waals surface area contributed by atoms with Gasteiger partial charge in [0.1, 0.15) is 16.3 Å². The quantitative estimate of drug-likeness (QED) is 0.856. The van der Waals surface area contributed by atoms with Gasteiger partial charge in [-0.25, -0.2) is 17.6 Å². The van der Waals surface area contributed by atoms with Crippen molar-refractivity contribution in [3.8, 4) is 0 Å². The highest BCUT2D eigenvalue weighted by Gasteiger charge is 2.29. The molecule has 21 heavy (non-hydrogen) atoms. The molecule has 1 atom stereocenters. The minimum Gasteiger partial charge on any atom is -0.430 e. The van der Waals surface area contributed by atoms with Gasteiger partial charge >= 0.3 is 0 Å². The van der Waals surface area contributed by atoms with Gasteiger partial charge in [-0.2, -0.15) is 0 Å². The van der Waals surface area contributed by atoms with Gasteiger partial charge in [0.25, 0.3) is 5.22 Å². The predicted molar refractivity (Wildman–Crippen MR) is 83.2 cm³/mol. The number of aromatic nitrogens is 1. The van der Waals surface area contributed by atoms with Crippen LogP contribution < -0.4 is 5.73 Å². The minimum absolute atomic E-state index is 0.0275. The molecule has 2 rings (SSSR count). The van der Waals surface area contributed by atoms with Crippen molar-refractivity contribution in [1.82, 2.24) is 4.98 Å². The maximum Gasteiger partial charge on any atom is 0.287 e. The normalized spacial score (nSPS) is 14.4. The molecule has 0 bridgehead atoms. The van der Waals surface area contributed by atoms with E-state index < -0.39 is 25.4 Å². The number of hydrogen-bond acceptors (Lipinski definition) is 6. The molecule has 0 aliphatic rings. The lowest BCUT2D eigenvalue weighted by molar-refractivity contribution is 0.478. The van der Waals surface area contributed by atoms with Crippen LogP contribution in [0.15, 0.2) is 27.8 Å². The van der Waals surface area contributed by atoms with Gasteiger partial charge in [0, 0.05) is 11.4 Å². The summed E-state index contributed by atoms with van der Waals surface area (Å²) < 4.78 is 40.6. The van der Waals surface area contributed by atoms with E-state index >= 15 is 0 Å². The Morgan fingerprint density at radius 1 is 1.33 bits per heavy atom. The lowest BCUT2D eigenvalue weighted by Gasteiger charge is -2.18. The zero-order chi connectivity index (χ0) is 15.8. The number of oxazole rings is 1. The van der Waals surface area contributed by atoms with Gasteiger partial charge in [0.05, 0.1) is 10.5 Å². The minimum atomic E-state index is -3.32. The summed E-state index contributed by atoms with van der Waals surface area (Å²) in [6.07, 6.45) is 0. The van der Waals surface area contributed by atoms with Crippen molar-refractivity contribution in [2.45, 2.75) is 30.7 Å². The Morgan fingerprint density at radius 3 is 2.62 bits per heavy atom. The molecule has 1 aromatic heterocycles. The fourth-order valence-corrected chi connectivity index (χ4v) is 4.25. The van der Waals surface area contributed by atoms with E-state index in [1.54, 1.807) is 39.0 Å². The molecule has 0 saturated heterocycles. The first kappa shape index (κ1) is 16.0. The first-order chi connectivity index (χ1) is 9.60. The number of nitrogens with zero attached hydrogens (tertiary/aromatic N) is 1. The van der Waals surface area contributed by atoms with E-state index in [-0.39, 0.29) is 16.7 Å². The van der Waals surface area contributed by atoms with Crippen LogP contribution in [0.25, 0.3) is 11.1 Å². The van der Waals surface area contributed by atoms with Gasteiger partial charge in [0.15, 0.2) is 15.4 Å². The van der Waals surface area contributed by atoms with Crippen LogP contribution in [0.5, 0.6) is 0 Å². The number of benzene rings is 1. The molecule has 1 aromatic carbocycles. The molecule has 1 unspecified atom stereocenters. The smallest absolute Gasteiger partial charge is 0.287 e. The second-order valence-corrected chi connectivity index (χ2v) is 10.00. The van der Waals surface area contributed by atoms with Gasteiger partial charge < -0.3 is 10.2 Å². The number of fused-ring (bicyclic) bond motifs is 1. The molecule has 8 heteroatoms. The molecule has 6 nitrogen and oxygen atoms in total. The van der Waals surface area contributed by atoms with Crippen molar-refractivity contribution < 1.29 is 17.0 Å². The number of sulfone groups is 1. The number of anilines is 1. The van der Waals surface area contributed by atoms with E-state index in [1.165, 1.54) is 0 Å². The van der Waals surface area contributed by atoms with E-state index in [0.29, 0.717) is 16.8 Å². The molecule has 116 valence electrons. The first-order valence-electron chi connectivity index (χ1n) is 6.37.